The smallest absolute Gasteiger partial charge is 0.119 e. The van der Waals surface area contributed by atoms with Crippen molar-refractivity contribution in [3.05, 3.63) is 29.8 Å². The first-order valence-corrected chi connectivity index (χ1v) is 7.21. The van der Waals surface area contributed by atoms with Gasteiger partial charge in [-0.3, -0.25) is 0 Å². The lowest BCUT2D eigenvalue weighted by atomic mass is 9.87. The second-order valence-corrected chi connectivity index (χ2v) is 4.84. The molecule has 0 aliphatic carbocycles. The molecule has 0 aromatic heterocycles. The number of ether oxygens (including phenoxy) is 1. The molecule has 0 saturated heterocycles. The van der Waals surface area contributed by atoms with E-state index in [0.717, 1.165) is 12.2 Å². The minimum Gasteiger partial charge on any atom is -0.494 e. The van der Waals surface area contributed by atoms with Crippen molar-refractivity contribution in [1.82, 2.24) is 0 Å². The van der Waals surface area contributed by atoms with Crippen LogP contribution in [0.5, 0.6) is 5.75 Å². The topological polar surface area (TPSA) is 35.2 Å². The van der Waals surface area contributed by atoms with E-state index >= 15 is 0 Å². The van der Waals surface area contributed by atoms with Gasteiger partial charge >= 0.3 is 0 Å². The number of nitrogens with two attached hydrogens (primary N) is 1. The highest BCUT2D eigenvalue weighted by atomic mass is 16.5. The average Bonchev–Trinajstić information content (AvgIpc) is 2.40. The quantitative estimate of drug-likeness (QED) is 0.745. The van der Waals surface area contributed by atoms with Gasteiger partial charge in [0.2, 0.25) is 0 Å². The van der Waals surface area contributed by atoms with Crippen LogP contribution in [0.3, 0.4) is 0 Å². The Morgan fingerprint density at radius 3 is 2.61 bits per heavy atom. The second kappa shape index (κ2) is 8.15. The van der Waals surface area contributed by atoms with Crippen molar-refractivity contribution < 1.29 is 4.74 Å². The van der Waals surface area contributed by atoms with Crippen molar-refractivity contribution in [2.75, 3.05) is 6.61 Å². The zero-order valence-electron chi connectivity index (χ0n) is 12.0. The van der Waals surface area contributed by atoms with Crippen LogP contribution in [0.25, 0.3) is 0 Å². The summed E-state index contributed by atoms with van der Waals surface area (Å²) in [5, 5.41) is 0. The Bertz CT molecular complexity index is 338. The number of hydrogen-bond donors (Lipinski definition) is 1. The summed E-state index contributed by atoms with van der Waals surface area (Å²) in [4.78, 5) is 0. The summed E-state index contributed by atoms with van der Waals surface area (Å²) >= 11 is 0. The number of unbranched alkanes of at least 4 members (excludes halogenated alkanes) is 1. The maximum absolute atomic E-state index is 6.40. The summed E-state index contributed by atoms with van der Waals surface area (Å²) in [6.07, 6.45) is 4.85. The first kappa shape index (κ1) is 15.0. The number of benzene rings is 1. The third kappa shape index (κ3) is 4.34. The zero-order valence-corrected chi connectivity index (χ0v) is 12.0. The summed E-state index contributed by atoms with van der Waals surface area (Å²) < 4.78 is 5.54. The van der Waals surface area contributed by atoms with Crippen molar-refractivity contribution in [2.24, 2.45) is 11.7 Å². The Hall–Kier alpha value is -1.02. The molecule has 1 aromatic rings. The molecule has 2 heteroatoms. The van der Waals surface area contributed by atoms with Crippen LogP contribution in [0.2, 0.25) is 0 Å². The lowest BCUT2D eigenvalue weighted by Gasteiger charge is -2.23. The molecular formula is C16H27NO. The Morgan fingerprint density at radius 2 is 2.00 bits per heavy atom. The van der Waals surface area contributed by atoms with Crippen molar-refractivity contribution in [2.45, 2.75) is 52.5 Å². The molecule has 0 bridgehead atoms. The summed E-state index contributed by atoms with van der Waals surface area (Å²) in [7, 11) is 0. The van der Waals surface area contributed by atoms with Crippen LogP contribution in [0.1, 0.15) is 58.1 Å². The first-order chi connectivity index (χ1) is 8.72. The largest absolute Gasteiger partial charge is 0.494 e. The lowest BCUT2D eigenvalue weighted by molar-refractivity contribution is 0.337. The van der Waals surface area contributed by atoms with Crippen molar-refractivity contribution in [3.8, 4) is 5.75 Å². The molecule has 18 heavy (non-hydrogen) atoms. The molecule has 0 spiro atoms. The van der Waals surface area contributed by atoms with Gasteiger partial charge in [-0.2, -0.15) is 0 Å². The summed E-state index contributed by atoms with van der Waals surface area (Å²) in [6, 6.07) is 8.35. The van der Waals surface area contributed by atoms with Crippen molar-refractivity contribution in [1.29, 1.82) is 0 Å². The van der Waals surface area contributed by atoms with E-state index < -0.39 is 0 Å². The molecule has 0 amide bonds. The number of hydrogen-bond acceptors (Lipinski definition) is 2. The van der Waals surface area contributed by atoms with Gasteiger partial charge in [0.1, 0.15) is 5.75 Å². The fraction of sp³-hybridized carbons (Fsp3) is 0.625. The SMILES string of the molecule is CCCCC(CC)C(N)c1cccc(OCC)c1. The monoisotopic (exact) mass is 249 g/mol. The molecule has 2 nitrogen and oxygen atoms in total. The van der Waals surface area contributed by atoms with E-state index in [0.29, 0.717) is 12.5 Å². The van der Waals surface area contributed by atoms with Crippen LogP contribution in [-0.2, 0) is 0 Å². The van der Waals surface area contributed by atoms with E-state index in [-0.39, 0.29) is 6.04 Å². The second-order valence-electron chi connectivity index (χ2n) is 4.84. The Labute approximate surface area is 112 Å². The van der Waals surface area contributed by atoms with Gasteiger partial charge in [0, 0.05) is 6.04 Å². The molecule has 0 radical (unpaired) electrons. The molecule has 0 aliphatic rings. The molecule has 1 aromatic carbocycles. The molecule has 2 atom stereocenters. The highest BCUT2D eigenvalue weighted by molar-refractivity contribution is 5.30. The molecular weight excluding hydrogens is 222 g/mol. The van der Waals surface area contributed by atoms with Crippen molar-refractivity contribution >= 4 is 0 Å². The van der Waals surface area contributed by atoms with Crippen molar-refractivity contribution in [3.63, 3.8) is 0 Å². The lowest BCUT2D eigenvalue weighted by Crippen LogP contribution is -2.21. The zero-order chi connectivity index (χ0) is 13.4. The summed E-state index contributed by atoms with van der Waals surface area (Å²) in [5.41, 5.74) is 7.60. The van der Waals surface area contributed by atoms with Gasteiger partial charge in [-0.25, -0.2) is 0 Å². The Balaban J connectivity index is 2.73. The van der Waals surface area contributed by atoms with Crippen LogP contribution in [-0.4, -0.2) is 6.61 Å². The molecule has 0 fully saturated rings. The molecule has 1 rings (SSSR count). The van der Waals surface area contributed by atoms with Gasteiger partial charge in [-0.05, 0) is 37.0 Å². The van der Waals surface area contributed by atoms with E-state index in [1.165, 1.54) is 24.8 Å². The van der Waals surface area contributed by atoms with Gasteiger partial charge in [0.15, 0.2) is 0 Å². The van der Waals surface area contributed by atoms with Gasteiger partial charge in [-0.15, -0.1) is 0 Å². The summed E-state index contributed by atoms with van der Waals surface area (Å²) in [5.74, 6) is 1.50. The fourth-order valence-electron chi connectivity index (χ4n) is 2.35. The van der Waals surface area contributed by atoms with Crippen LogP contribution in [0, 0.1) is 5.92 Å². The van der Waals surface area contributed by atoms with E-state index in [1.807, 2.05) is 19.1 Å². The average molecular weight is 249 g/mol. The van der Waals surface area contributed by atoms with Gasteiger partial charge in [0.25, 0.3) is 0 Å². The minimum atomic E-state index is 0.127. The standard InChI is InChI=1S/C16H27NO/c1-4-7-9-13(5-2)16(17)14-10-8-11-15(12-14)18-6-3/h8,10-13,16H,4-7,9,17H2,1-3H3. The van der Waals surface area contributed by atoms with Gasteiger partial charge < -0.3 is 10.5 Å². The molecule has 0 heterocycles. The van der Waals surface area contributed by atoms with E-state index in [1.54, 1.807) is 0 Å². The molecule has 102 valence electrons. The number of rotatable bonds is 8. The summed E-state index contributed by atoms with van der Waals surface area (Å²) in [6.45, 7) is 7.16. The van der Waals surface area contributed by atoms with Crippen LogP contribution in [0.15, 0.2) is 24.3 Å². The fourth-order valence-corrected chi connectivity index (χ4v) is 2.35. The third-order valence-electron chi connectivity index (χ3n) is 3.51. The maximum Gasteiger partial charge on any atom is 0.119 e. The third-order valence-corrected chi connectivity index (χ3v) is 3.51. The Kier molecular flexibility index (Phi) is 6.81. The predicted molar refractivity (Wildman–Crippen MR) is 77.8 cm³/mol. The predicted octanol–water partition coefficient (Wildman–Crippen LogP) is 4.30. The van der Waals surface area contributed by atoms with E-state index in [4.69, 9.17) is 10.5 Å². The van der Waals surface area contributed by atoms with E-state index in [9.17, 15) is 0 Å². The molecule has 2 N–H and O–H groups in total. The molecule has 2 unspecified atom stereocenters. The highest BCUT2D eigenvalue weighted by Gasteiger charge is 2.17. The molecule has 0 saturated carbocycles. The van der Waals surface area contributed by atoms with Gasteiger partial charge in [-0.1, -0.05) is 45.2 Å². The molecule has 0 aliphatic heterocycles. The van der Waals surface area contributed by atoms with Gasteiger partial charge in [0.05, 0.1) is 6.61 Å². The first-order valence-electron chi connectivity index (χ1n) is 7.21. The maximum atomic E-state index is 6.40. The highest BCUT2D eigenvalue weighted by Crippen LogP contribution is 2.28. The van der Waals surface area contributed by atoms with E-state index in [2.05, 4.69) is 26.0 Å². The minimum absolute atomic E-state index is 0.127. The Morgan fingerprint density at radius 1 is 1.22 bits per heavy atom. The van der Waals surface area contributed by atoms with Crippen LogP contribution >= 0.6 is 0 Å². The van der Waals surface area contributed by atoms with Crippen LogP contribution < -0.4 is 10.5 Å². The van der Waals surface area contributed by atoms with Crippen LogP contribution in [0.4, 0.5) is 0 Å². The normalized spacial score (nSPS) is 14.2.